The van der Waals surface area contributed by atoms with Gasteiger partial charge in [-0.05, 0) is 113 Å². The highest BCUT2D eigenvalue weighted by molar-refractivity contribution is 9.10. The van der Waals surface area contributed by atoms with Crippen LogP contribution in [0, 0.1) is 13.8 Å². The van der Waals surface area contributed by atoms with Gasteiger partial charge in [-0.3, -0.25) is 24.1 Å². The van der Waals surface area contributed by atoms with Crippen molar-refractivity contribution in [2.24, 2.45) is 0 Å². The molecule has 10 heteroatoms. The molecule has 2 N–H and O–H groups in total. The maximum absolute atomic E-state index is 12.8. The highest BCUT2D eigenvalue weighted by Gasteiger charge is 2.36. The molecule has 1 heterocycles. The molecule has 0 aromatic heterocycles. The predicted molar refractivity (Wildman–Crippen MR) is 161 cm³/mol. The second-order valence-corrected chi connectivity index (χ2v) is 11.0. The van der Waals surface area contributed by atoms with Gasteiger partial charge in [-0.1, -0.05) is 31.2 Å². The van der Waals surface area contributed by atoms with Crippen LogP contribution in [-0.2, 0) is 20.8 Å². The van der Waals surface area contributed by atoms with Gasteiger partial charge < -0.3 is 15.4 Å². The number of imide groups is 1. The molecule has 1 saturated heterocycles. The molecule has 3 aromatic carbocycles. The molecule has 8 nitrogen and oxygen atoms in total. The predicted octanol–water partition coefficient (Wildman–Crippen LogP) is 6.32. The van der Waals surface area contributed by atoms with Crippen molar-refractivity contribution < 1.29 is 23.9 Å². The Morgan fingerprint density at radius 2 is 1.62 bits per heavy atom. The van der Waals surface area contributed by atoms with Crippen LogP contribution >= 0.6 is 27.7 Å². The fourth-order valence-corrected chi connectivity index (χ4v) is 5.22. The van der Waals surface area contributed by atoms with E-state index in [2.05, 4.69) is 26.6 Å². The Bertz CT molecular complexity index is 1490. The molecule has 4 amide bonds. The number of nitrogens with zero attached hydrogens (tertiary/aromatic N) is 1. The molecule has 0 radical (unpaired) electrons. The summed E-state index contributed by atoms with van der Waals surface area (Å²) >= 11 is 4.24. The summed E-state index contributed by atoms with van der Waals surface area (Å²) in [5.74, 6) is -0.809. The first-order valence-corrected chi connectivity index (χ1v) is 14.2. The number of ether oxygens (including phenoxy) is 1. The molecule has 3 aromatic rings. The summed E-state index contributed by atoms with van der Waals surface area (Å²) in [5, 5.41) is 5.04. The van der Waals surface area contributed by atoms with Crippen LogP contribution in [0.4, 0.5) is 16.2 Å². The van der Waals surface area contributed by atoms with Crippen molar-refractivity contribution in [2.45, 2.75) is 27.2 Å². The summed E-state index contributed by atoms with van der Waals surface area (Å²) in [6, 6.07) is 18.0. The number of halogens is 1. The molecule has 0 atom stereocenters. The second kappa shape index (κ2) is 13.0. The number of carbonyl (C=O) groups excluding carboxylic acids is 4. The Hall–Kier alpha value is -3.89. The van der Waals surface area contributed by atoms with E-state index in [1.807, 2.05) is 45.0 Å². The maximum atomic E-state index is 12.8. The van der Waals surface area contributed by atoms with Gasteiger partial charge in [-0.2, -0.15) is 0 Å². The molecule has 0 bridgehead atoms. The van der Waals surface area contributed by atoms with Gasteiger partial charge in [-0.25, -0.2) is 0 Å². The van der Waals surface area contributed by atoms with Crippen molar-refractivity contribution in [3.8, 4) is 5.75 Å². The Labute approximate surface area is 245 Å². The number of carbonyl (C=O) groups is 4. The van der Waals surface area contributed by atoms with Gasteiger partial charge in [-0.15, -0.1) is 0 Å². The quantitative estimate of drug-likeness (QED) is 0.271. The van der Waals surface area contributed by atoms with E-state index >= 15 is 0 Å². The van der Waals surface area contributed by atoms with Crippen LogP contribution in [0.2, 0.25) is 0 Å². The lowest BCUT2D eigenvalue weighted by atomic mass is 10.1. The highest BCUT2D eigenvalue weighted by atomic mass is 79.9. The summed E-state index contributed by atoms with van der Waals surface area (Å²) in [6.07, 6.45) is 2.47. The number of nitrogens with one attached hydrogen (secondary N) is 2. The zero-order valence-corrected chi connectivity index (χ0v) is 24.6. The van der Waals surface area contributed by atoms with Crippen LogP contribution < -0.4 is 15.4 Å². The minimum absolute atomic E-state index is 0.178. The van der Waals surface area contributed by atoms with E-state index in [1.54, 1.807) is 42.5 Å². The van der Waals surface area contributed by atoms with E-state index in [4.69, 9.17) is 4.74 Å². The third-order valence-electron chi connectivity index (χ3n) is 6.23. The van der Waals surface area contributed by atoms with Crippen molar-refractivity contribution >= 4 is 68.1 Å². The molecule has 1 aliphatic rings. The molecule has 206 valence electrons. The van der Waals surface area contributed by atoms with E-state index < -0.39 is 17.1 Å². The molecule has 1 fully saturated rings. The van der Waals surface area contributed by atoms with Gasteiger partial charge in [0.05, 0.1) is 10.6 Å². The number of hydrogen-bond donors (Lipinski definition) is 2. The molecule has 1 aliphatic heterocycles. The highest BCUT2D eigenvalue weighted by Crippen LogP contribution is 2.32. The molecule has 0 unspecified atom stereocenters. The first kappa shape index (κ1) is 29.1. The second-order valence-electron chi connectivity index (χ2n) is 9.19. The molecular formula is C30H28BrN3O5S. The first-order valence-electron chi connectivity index (χ1n) is 12.6. The van der Waals surface area contributed by atoms with E-state index in [-0.39, 0.29) is 24.0 Å². The zero-order valence-electron chi connectivity index (χ0n) is 22.2. The molecule has 0 spiro atoms. The Morgan fingerprint density at radius 1 is 0.950 bits per heavy atom. The fraction of sp³-hybridized carbons (Fsp3) is 0.200. The van der Waals surface area contributed by atoms with Crippen molar-refractivity contribution in [1.29, 1.82) is 0 Å². The Balaban J connectivity index is 1.30. The molecule has 0 aliphatic carbocycles. The third-order valence-corrected chi connectivity index (χ3v) is 7.79. The van der Waals surface area contributed by atoms with Gasteiger partial charge in [0.15, 0.2) is 6.61 Å². The number of rotatable bonds is 9. The summed E-state index contributed by atoms with van der Waals surface area (Å²) < 4.78 is 6.38. The van der Waals surface area contributed by atoms with Gasteiger partial charge in [0.25, 0.3) is 17.1 Å². The average Bonchev–Trinajstić information content (AvgIpc) is 3.19. The summed E-state index contributed by atoms with van der Waals surface area (Å²) in [7, 11) is 0. The van der Waals surface area contributed by atoms with E-state index in [9.17, 15) is 19.2 Å². The molecule has 40 heavy (non-hydrogen) atoms. The lowest BCUT2D eigenvalue weighted by Gasteiger charge is -2.12. The maximum Gasteiger partial charge on any atom is 0.294 e. The standard InChI is InChI=1S/C30H28BrN3O5S/c1-4-20-5-9-22(10-6-20)32-27(35)16-34-29(37)26(40-30(34)38)15-21-7-11-23(12-8-21)39-17-28(36)33-25-14-19(3)18(2)13-24(25)31/h5-15H,4,16-17H2,1-3H3,(H,32,35)(H,33,36)/b26-15+. The summed E-state index contributed by atoms with van der Waals surface area (Å²) in [6.45, 7) is 5.46. The van der Waals surface area contributed by atoms with Crippen LogP contribution in [0.3, 0.4) is 0 Å². The van der Waals surface area contributed by atoms with Gasteiger partial charge in [0.2, 0.25) is 5.91 Å². The van der Waals surface area contributed by atoms with Crippen molar-refractivity contribution in [3.05, 3.63) is 92.3 Å². The van der Waals surface area contributed by atoms with Crippen molar-refractivity contribution in [1.82, 2.24) is 4.90 Å². The van der Waals surface area contributed by atoms with Crippen molar-refractivity contribution in [2.75, 3.05) is 23.8 Å². The number of thioether (sulfide) groups is 1. The molecule has 0 saturated carbocycles. The topological polar surface area (TPSA) is 105 Å². The fourth-order valence-electron chi connectivity index (χ4n) is 3.83. The number of hydrogen-bond acceptors (Lipinski definition) is 6. The molecule has 4 rings (SSSR count). The first-order chi connectivity index (χ1) is 19.1. The lowest BCUT2D eigenvalue weighted by molar-refractivity contribution is -0.127. The minimum atomic E-state index is -0.527. The SMILES string of the molecule is CCc1ccc(NC(=O)CN2C(=O)S/C(=C/c3ccc(OCC(=O)Nc4cc(C)c(C)cc4Br)cc3)C2=O)cc1. The average molecular weight is 623 g/mol. The zero-order chi connectivity index (χ0) is 28.8. The van der Waals surface area contributed by atoms with Gasteiger partial charge >= 0.3 is 0 Å². The normalized spacial score (nSPS) is 14.0. The number of aryl methyl sites for hydroxylation is 3. The Morgan fingerprint density at radius 3 is 2.30 bits per heavy atom. The number of anilines is 2. The number of amides is 4. The van der Waals surface area contributed by atoms with E-state index in [0.717, 1.165) is 44.2 Å². The van der Waals surface area contributed by atoms with E-state index in [0.29, 0.717) is 22.7 Å². The smallest absolute Gasteiger partial charge is 0.294 e. The number of benzene rings is 3. The van der Waals surface area contributed by atoms with Crippen LogP contribution in [-0.4, -0.2) is 41.0 Å². The van der Waals surface area contributed by atoms with Crippen LogP contribution in [0.15, 0.2) is 70.0 Å². The van der Waals surface area contributed by atoms with Crippen molar-refractivity contribution in [3.63, 3.8) is 0 Å². The van der Waals surface area contributed by atoms with Crippen LogP contribution in [0.1, 0.15) is 29.2 Å². The third kappa shape index (κ3) is 7.40. The summed E-state index contributed by atoms with van der Waals surface area (Å²) in [5.41, 5.74) is 5.26. The largest absolute Gasteiger partial charge is 0.484 e. The summed E-state index contributed by atoms with van der Waals surface area (Å²) in [4.78, 5) is 51.2. The van der Waals surface area contributed by atoms with Gasteiger partial charge in [0, 0.05) is 10.2 Å². The Kier molecular flexibility index (Phi) is 9.44. The van der Waals surface area contributed by atoms with Gasteiger partial charge in [0.1, 0.15) is 12.3 Å². The van der Waals surface area contributed by atoms with Crippen LogP contribution in [0.5, 0.6) is 5.75 Å². The van der Waals surface area contributed by atoms with Crippen LogP contribution in [0.25, 0.3) is 6.08 Å². The van der Waals surface area contributed by atoms with E-state index in [1.165, 1.54) is 0 Å². The lowest BCUT2D eigenvalue weighted by Crippen LogP contribution is -2.36. The minimum Gasteiger partial charge on any atom is -0.484 e. The molecular weight excluding hydrogens is 594 g/mol. The monoisotopic (exact) mass is 621 g/mol.